The van der Waals surface area contributed by atoms with Gasteiger partial charge in [-0.3, -0.25) is 4.90 Å². The highest BCUT2D eigenvalue weighted by Gasteiger charge is 2.26. The number of aryl methyl sites for hydroxylation is 1. The molecule has 0 saturated carbocycles. The summed E-state index contributed by atoms with van der Waals surface area (Å²) in [7, 11) is 4.46. The third kappa shape index (κ3) is 4.04. The second kappa shape index (κ2) is 7.03. The van der Waals surface area contributed by atoms with E-state index < -0.39 is 0 Å². The third-order valence-electron chi connectivity index (χ3n) is 4.41. The topological polar surface area (TPSA) is 32.5 Å². The van der Waals surface area contributed by atoms with Gasteiger partial charge in [0.1, 0.15) is 0 Å². The molecule has 20 heavy (non-hydrogen) atoms. The van der Waals surface area contributed by atoms with Gasteiger partial charge in [0.05, 0.1) is 6.04 Å². The van der Waals surface area contributed by atoms with Gasteiger partial charge in [-0.25, -0.2) is 0 Å². The molecule has 4 heteroatoms. The Bertz CT molecular complexity index is 408. The molecule has 0 aliphatic carbocycles. The molecule has 1 aliphatic heterocycles. The van der Waals surface area contributed by atoms with E-state index in [9.17, 15) is 0 Å². The first-order valence-electron chi connectivity index (χ1n) is 7.68. The number of likely N-dealkylation sites (tertiary alicyclic amines) is 1. The maximum absolute atomic E-state index is 6.26. The van der Waals surface area contributed by atoms with Gasteiger partial charge in [-0.1, -0.05) is 0 Å². The summed E-state index contributed by atoms with van der Waals surface area (Å²) in [5, 5.41) is 0. The Labute approximate surface area is 127 Å². The van der Waals surface area contributed by atoms with Crippen molar-refractivity contribution in [3.05, 3.63) is 21.9 Å². The van der Waals surface area contributed by atoms with Gasteiger partial charge in [0.2, 0.25) is 0 Å². The maximum atomic E-state index is 6.26. The molecule has 0 aromatic carbocycles. The molecule has 1 fully saturated rings. The van der Waals surface area contributed by atoms with Crippen molar-refractivity contribution in [1.82, 2.24) is 9.80 Å². The van der Waals surface area contributed by atoms with Crippen molar-refractivity contribution in [3.8, 4) is 0 Å². The molecule has 1 saturated heterocycles. The summed E-state index contributed by atoms with van der Waals surface area (Å²) in [6.07, 6.45) is 2.63. The molecule has 1 aromatic rings. The second-order valence-electron chi connectivity index (χ2n) is 6.44. The predicted octanol–water partition coefficient (Wildman–Crippen LogP) is 2.72. The summed E-state index contributed by atoms with van der Waals surface area (Å²) in [5.74, 6) is 0.818. The third-order valence-corrected chi connectivity index (χ3v) is 5.48. The average molecular weight is 295 g/mol. The Kier molecular flexibility index (Phi) is 5.61. The smallest absolute Gasteiger partial charge is 0.0588 e. The maximum Gasteiger partial charge on any atom is 0.0588 e. The minimum atomic E-state index is 0.171. The van der Waals surface area contributed by atoms with E-state index in [0.717, 1.165) is 12.5 Å². The van der Waals surface area contributed by atoms with Gasteiger partial charge < -0.3 is 10.6 Å². The molecule has 0 spiro atoms. The number of rotatable bonds is 5. The van der Waals surface area contributed by atoms with Crippen LogP contribution in [0.4, 0.5) is 0 Å². The van der Waals surface area contributed by atoms with Crippen molar-refractivity contribution in [1.29, 1.82) is 0 Å². The van der Waals surface area contributed by atoms with Gasteiger partial charge in [0, 0.05) is 22.3 Å². The van der Waals surface area contributed by atoms with E-state index in [0.29, 0.717) is 6.04 Å². The standard InChI is InChI=1S/C16H29N3S/c1-12-5-6-15(20-12)16(13(2)17)19(4)11-14-7-9-18(3)10-8-14/h5-6,13-14,16H,7-11,17H2,1-4H3. The molecule has 2 heterocycles. The summed E-state index contributed by atoms with van der Waals surface area (Å²) >= 11 is 1.89. The zero-order valence-corrected chi connectivity index (χ0v) is 14.1. The molecule has 2 rings (SSSR count). The summed E-state index contributed by atoms with van der Waals surface area (Å²) in [6, 6.07) is 4.98. The van der Waals surface area contributed by atoms with Crippen LogP contribution in [0.15, 0.2) is 12.1 Å². The number of hydrogen-bond acceptors (Lipinski definition) is 4. The molecule has 2 unspecified atom stereocenters. The first-order chi connectivity index (χ1) is 9.47. The van der Waals surface area contributed by atoms with Gasteiger partial charge >= 0.3 is 0 Å². The lowest BCUT2D eigenvalue weighted by atomic mass is 9.95. The largest absolute Gasteiger partial charge is 0.326 e. The Morgan fingerprint density at radius 3 is 2.55 bits per heavy atom. The summed E-state index contributed by atoms with van der Waals surface area (Å²) < 4.78 is 0. The van der Waals surface area contributed by atoms with Crippen LogP contribution < -0.4 is 5.73 Å². The SMILES string of the molecule is Cc1ccc(C(C(C)N)N(C)CC2CCN(C)CC2)s1. The molecular formula is C16H29N3S. The summed E-state index contributed by atoms with van der Waals surface area (Å²) in [6.45, 7) is 7.93. The van der Waals surface area contributed by atoms with Crippen molar-refractivity contribution in [2.24, 2.45) is 11.7 Å². The van der Waals surface area contributed by atoms with E-state index in [1.165, 1.54) is 35.7 Å². The van der Waals surface area contributed by atoms with E-state index in [4.69, 9.17) is 5.73 Å². The van der Waals surface area contributed by atoms with Crippen LogP contribution in [0.3, 0.4) is 0 Å². The highest BCUT2D eigenvalue weighted by molar-refractivity contribution is 7.12. The minimum Gasteiger partial charge on any atom is -0.326 e. The first kappa shape index (κ1) is 16.0. The van der Waals surface area contributed by atoms with Gasteiger partial charge in [-0.05, 0) is 71.9 Å². The van der Waals surface area contributed by atoms with Gasteiger partial charge in [0.15, 0.2) is 0 Å². The van der Waals surface area contributed by atoms with E-state index in [1.807, 2.05) is 11.3 Å². The molecule has 2 atom stereocenters. The fraction of sp³-hybridized carbons (Fsp3) is 0.750. The second-order valence-corrected chi connectivity index (χ2v) is 7.76. The highest BCUT2D eigenvalue weighted by atomic mass is 32.1. The Hall–Kier alpha value is -0.420. The highest BCUT2D eigenvalue weighted by Crippen LogP contribution is 2.30. The number of piperidine rings is 1. The quantitative estimate of drug-likeness (QED) is 0.906. The number of hydrogen-bond donors (Lipinski definition) is 1. The molecule has 2 N–H and O–H groups in total. The van der Waals surface area contributed by atoms with Crippen LogP contribution in [0.5, 0.6) is 0 Å². The molecule has 1 aromatic heterocycles. The Morgan fingerprint density at radius 1 is 1.40 bits per heavy atom. The van der Waals surface area contributed by atoms with Crippen LogP contribution in [0, 0.1) is 12.8 Å². The van der Waals surface area contributed by atoms with Gasteiger partial charge in [-0.2, -0.15) is 0 Å². The molecule has 0 bridgehead atoms. The lowest BCUT2D eigenvalue weighted by Crippen LogP contribution is -2.41. The fourth-order valence-corrected chi connectivity index (χ4v) is 4.41. The van der Waals surface area contributed by atoms with Crippen LogP contribution in [0.25, 0.3) is 0 Å². The van der Waals surface area contributed by atoms with E-state index >= 15 is 0 Å². The molecule has 1 aliphatic rings. The van der Waals surface area contributed by atoms with Crippen LogP contribution in [0.2, 0.25) is 0 Å². The summed E-state index contributed by atoms with van der Waals surface area (Å²) in [5.41, 5.74) is 6.26. The van der Waals surface area contributed by atoms with E-state index in [1.54, 1.807) is 0 Å². The number of likely N-dealkylation sites (N-methyl/N-ethyl adjacent to an activating group) is 1. The molecule has 114 valence electrons. The van der Waals surface area contributed by atoms with Crippen molar-refractivity contribution < 1.29 is 0 Å². The van der Waals surface area contributed by atoms with Crippen molar-refractivity contribution in [2.45, 2.75) is 38.8 Å². The monoisotopic (exact) mass is 295 g/mol. The molecule has 0 radical (unpaired) electrons. The Morgan fingerprint density at radius 2 is 2.05 bits per heavy atom. The zero-order valence-electron chi connectivity index (χ0n) is 13.3. The average Bonchev–Trinajstić information content (AvgIpc) is 2.78. The van der Waals surface area contributed by atoms with Crippen LogP contribution in [0.1, 0.15) is 35.6 Å². The first-order valence-corrected chi connectivity index (χ1v) is 8.49. The molecule has 3 nitrogen and oxygen atoms in total. The van der Waals surface area contributed by atoms with Crippen LogP contribution in [-0.2, 0) is 0 Å². The van der Waals surface area contributed by atoms with Crippen LogP contribution in [-0.4, -0.2) is 49.6 Å². The van der Waals surface area contributed by atoms with E-state index in [-0.39, 0.29) is 6.04 Å². The van der Waals surface area contributed by atoms with Gasteiger partial charge in [-0.15, -0.1) is 11.3 Å². The number of nitrogens with zero attached hydrogens (tertiary/aromatic N) is 2. The lowest BCUT2D eigenvalue weighted by molar-refractivity contribution is 0.141. The summed E-state index contributed by atoms with van der Waals surface area (Å²) in [4.78, 5) is 7.69. The minimum absolute atomic E-state index is 0.171. The van der Waals surface area contributed by atoms with Crippen molar-refractivity contribution in [3.63, 3.8) is 0 Å². The number of thiophene rings is 1. The van der Waals surface area contributed by atoms with E-state index in [2.05, 4.69) is 49.9 Å². The lowest BCUT2D eigenvalue weighted by Gasteiger charge is -2.36. The predicted molar refractivity (Wildman–Crippen MR) is 88.3 cm³/mol. The normalized spacial score (nSPS) is 21.3. The molecule has 0 amide bonds. The van der Waals surface area contributed by atoms with Crippen molar-refractivity contribution in [2.75, 3.05) is 33.7 Å². The Balaban J connectivity index is 1.98. The van der Waals surface area contributed by atoms with Gasteiger partial charge in [0.25, 0.3) is 0 Å². The number of nitrogens with two attached hydrogens (primary N) is 1. The zero-order chi connectivity index (χ0) is 14.7. The van der Waals surface area contributed by atoms with Crippen LogP contribution >= 0.6 is 11.3 Å². The molecular weight excluding hydrogens is 266 g/mol. The fourth-order valence-electron chi connectivity index (χ4n) is 3.26. The van der Waals surface area contributed by atoms with Crippen molar-refractivity contribution >= 4 is 11.3 Å².